The average molecular weight is 383 g/mol. The van der Waals surface area contributed by atoms with E-state index in [1.807, 2.05) is 0 Å². The van der Waals surface area contributed by atoms with E-state index in [2.05, 4.69) is 10.4 Å². The van der Waals surface area contributed by atoms with E-state index in [9.17, 15) is 9.59 Å². The van der Waals surface area contributed by atoms with Gasteiger partial charge in [0.15, 0.2) is 5.76 Å². The van der Waals surface area contributed by atoms with Crippen molar-refractivity contribution in [2.24, 2.45) is 0 Å². The summed E-state index contributed by atoms with van der Waals surface area (Å²) in [4.78, 5) is 24.3. The molecule has 0 spiro atoms. The van der Waals surface area contributed by atoms with Gasteiger partial charge in [0.1, 0.15) is 17.2 Å². The zero-order valence-electron chi connectivity index (χ0n) is 15.7. The molecule has 0 bridgehead atoms. The Bertz CT molecular complexity index is 995. The number of methoxy groups -OCH3 is 2. The minimum absolute atomic E-state index is 0.193. The van der Waals surface area contributed by atoms with Gasteiger partial charge in [0.05, 0.1) is 26.2 Å². The number of benzene rings is 1. The molecule has 0 aliphatic carbocycles. The van der Waals surface area contributed by atoms with E-state index < -0.39 is 0 Å². The Morgan fingerprint density at radius 1 is 1.18 bits per heavy atom. The van der Waals surface area contributed by atoms with Gasteiger partial charge in [-0.3, -0.25) is 9.59 Å². The standard InChI is InChI=1S/C20H21N3O5/c1-26-14-7-9-17(27-2)16(13-14)21-19(24)6-3-11-23-20(25)10-8-15(22-23)18-5-4-12-28-18/h4-5,7-10,12-13H,3,6,11H2,1-2H3,(H,21,24). The Kier molecular flexibility index (Phi) is 6.11. The third-order valence-corrected chi connectivity index (χ3v) is 4.09. The van der Waals surface area contributed by atoms with Crippen LogP contribution in [-0.2, 0) is 11.3 Å². The van der Waals surface area contributed by atoms with E-state index in [4.69, 9.17) is 13.9 Å². The smallest absolute Gasteiger partial charge is 0.266 e. The summed E-state index contributed by atoms with van der Waals surface area (Å²) < 4.78 is 17.0. The lowest BCUT2D eigenvalue weighted by molar-refractivity contribution is -0.116. The van der Waals surface area contributed by atoms with Crippen molar-refractivity contribution in [3.63, 3.8) is 0 Å². The summed E-state index contributed by atoms with van der Waals surface area (Å²) in [6.07, 6.45) is 2.22. The maximum atomic E-state index is 12.3. The first kappa shape index (κ1) is 19.2. The number of aryl methyl sites for hydroxylation is 1. The van der Waals surface area contributed by atoms with Crippen LogP contribution in [0.3, 0.4) is 0 Å². The summed E-state index contributed by atoms with van der Waals surface area (Å²) in [6, 6.07) is 11.7. The number of nitrogens with zero attached hydrogens (tertiary/aromatic N) is 2. The highest BCUT2D eigenvalue weighted by Gasteiger charge is 2.10. The summed E-state index contributed by atoms with van der Waals surface area (Å²) in [6.45, 7) is 0.316. The van der Waals surface area contributed by atoms with Crippen molar-refractivity contribution in [2.45, 2.75) is 19.4 Å². The fraction of sp³-hybridized carbons (Fsp3) is 0.250. The normalized spacial score (nSPS) is 10.5. The molecule has 3 aromatic rings. The van der Waals surface area contributed by atoms with Gasteiger partial charge in [-0.2, -0.15) is 5.10 Å². The first-order chi connectivity index (χ1) is 13.6. The molecule has 0 unspecified atom stereocenters. The molecule has 0 atom stereocenters. The van der Waals surface area contributed by atoms with E-state index in [0.29, 0.717) is 41.6 Å². The summed E-state index contributed by atoms with van der Waals surface area (Å²) >= 11 is 0. The van der Waals surface area contributed by atoms with Gasteiger partial charge in [0, 0.05) is 25.1 Å². The Morgan fingerprint density at radius 3 is 2.75 bits per heavy atom. The van der Waals surface area contributed by atoms with Crippen LogP contribution in [0.5, 0.6) is 11.5 Å². The van der Waals surface area contributed by atoms with Gasteiger partial charge >= 0.3 is 0 Å². The molecule has 0 radical (unpaired) electrons. The average Bonchev–Trinajstić information content (AvgIpc) is 3.24. The maximum Gasteiger partial charge on any atom is 0.266 e. The fourth-order valence-corrected chi connectivity index (χ4v) is 2.68. The zero-order chi connectivity index (χ0) is 19.9. The lowest BCUT2D eigenvalue weighted by Crippen LogP contribution is -2.23. The first-order valence-electron chi connectivity index (χ1n) is 8.74. The molecule has 2 aromatic heterocycles. The second-order valence-electron chi connectivity index (χ2n) is 5.98. The quantitative estimate of drug-likeness (QED) is 0.643. The van der Waals surface area contributed by atoms with Crippen molar-refractivity contribution in [2.75, 3.05) is 19.5 Å². The van der Waals surface area contributed by atoms with Crippen molar-refractivity contribution < 1.29 is 18.7 Å². The zero-order valence-corrected chi connectivity index (χ0v) is 15.7. The lowest BCUT2D eigenvalue weighted by Gasteiger charge is -2.12. The van der Waals surface area contributed by atoms with Crippen molar-refractivity contribution in [3.05, 3.63) is 59.1 Å². The Morgan fingerprint density at radius 2 is 2.04 bits per heavy atom. The highest BCUT2D eigenvalue weighted by Crippen LogP contribution is 2.29. The lowest BCUT2D eigenvalue weighted by atomic mass is 10.2. The number of carbonyl (C=O) groups excluding carboxylic acids is 1. The van der Waals surface area contributed by atoms with Crippen LogP contribution in [0, 0.1) is 0 Å². The van der Waals surface area contributed by atoms with Crippen LogP contribution in [0.25, 0.3) is 11.5 Å². The number of hydrogen-bond acceptors (Lipinski definition) is 6. The van der Waals surface area contributed by atoms with Gasteiger partial charge < -0.3 is 19.2 Å². The number of furan rings is 1. The molecule has 28 heavy (non-hydrogen) atoms. The number of amides is 1. The number of ether oxygens (including phenoxy) is 2. The van der Waals surface area contributed by atoms with Gasteiger partial charge in [-0.15, -0.1) is 0 Å². The predicted octanol–water partition coefficient (Wildman–Crippen LogP) is 2.94. The van der Waals surface area contributed by atoms with Crippen LogP contribution in [-0.4, -0.2) is 29.9 Å². The van der Waals surface area contributed by atoms with E-state index in [1.54, 1.807) is 49.8 Å². The summed E-state index contributed by atoms with van der Waals surface area (Å²) in [7, 11) is 3.08. The Hall–Kier alpha value is -3.55. The predicted molar refractivity (Wildman–Crippen MR) is 104 cm³/mol. The third-order valence-electron chi connectivity index (χ3n) is 4.09. The molecule has 8 heteroatoms. The molecule has 0 saturated heterocycles. The molecule has 1 amide bonds. The number of aromatic nitrogens is 2. The van der Waals surface area contributed by atoms with Gasteiger partial charge in [-0.25, -0.2) is 4.68 Å². The number of carbonyl (C=O) groups is 1. The number of rotatable bonds is 8. The van der Waals surface area contributed by atoms with E-state index in [0.717, 1.165) is 0 Å². The van der Waals surface area contributed by atoms with Gasteiger partial charge in [0.2, 0.25) is 5.91 Å². The highest BCUT2D eigenvalue weighted by molar-refractivity contribution is 5.92. The minimum Gasteiger partial charge on any atom is -0.497 e. The molecule has 0 aliphatic heterocycles. The van der Waals surface area contributed by atoms with Gasteiger partial charge in [0.25, 0.3) is 5.56 Å². The number of anilines is 1. The van der Waals surface area contributed by atoms with Crippen LogP contribution in [0.15, 0.2) is 57.9 Å². The Labute approximate surface area is 161 Å². The maximum absolute atomic E-state index is 12.3. The molecular weight excluding hydrogens is 362 g/mol. The van der Waals surface area contributed by atoms with Crippen molar-refractivity contribution in [3.8, 4) is 23.0 Å². The van der Waals surface area contributed by atoms with Crippen molar-refractivity contribution >= 4 is 11.6 Å². The Balaban J connectivity index is 1.60. The van der Waals surface area contributed by atoms with Crippen LogP contribution < -0.4 is 20.3 Å². The molecule has 8 nitrogen and oxygen atoms in total. The van der Waals surface area contributed by atoms with Crippen LogP contribution >= 0.6 is 0 Å². The molecule has 0 saturated carbocycles. The second kappa shape index (κ2) is 8.90. The topological polar surface area (TPSA) is 95.6 Å². The highest BCUT2D eigenvalue weighted by atomic mass is 16.5. The molecule has 2 heterocycles. The van der Waals surface area contributed by atoms with Gasteiger partial charge in [-0.1, -0.05) is 0 Å². The second-order valence-corrected chi connectivity index (χ2v) is 5.98. The van der Waals surface area contributed by atoms with E-state index in [1.165, 1.54) is 17.9 Å². The van der Waals surface area contributed by atoms with Crippen molar-refractivity contribution in [1.29, 1.82) is 0 Å². The fourth-order valence-electron chi connectivity index (χ4n) is 2.68. The monoisotopic (exact) mass is 383 g/mol. The van der Waals surface area contributed by atoms with Crippen LogP contribution in [0.2, 0.25) is 0 Å². The molecule has 1 aromatic carbocycles. The summed E-state index contributed by atoms with van der Waals surface area (Å²) in [5, 5.41) is 7.09. The first-order valence-corrected chi connectivity index (χ1v) is 8.74. The molecular formula is C20H21N3O5. The van der Waals surface area contributed by atoms with Crippen molar-refractivity contribution in [1.82, 2.24) is 9.78 Å². The third kappa shape index (κ3) is 4.59. The number of nitrogens with one attached hydrogen (secondary N) is 1. The van der Waals surface area contributed by atoms with Crippen LogP contribution in [0.1, 0.15) is 12.8 Å². The summed E-state index contributed by atoms with van der Waals surface area (Å²) in [5.74, 6) is 1.54. The summed E-state index contributed by atoms with van der Waals surface area (Å²) in [5.41, 5.74) is 0.863. The molecule has 0 fully saturated rings. The molecule has 146 valence electrons. The van der Waals surface area contributed by atoms with Gasteiger partial charge in [-0.05, 0) is 36.8 Å². The van der Waals surface area contributed by atoms with E-state index in [-0.39, 0.29) is 17.9 Å². The molecule has 1 N–H and O–H groups in total. The number of hydrogen-bond donors (Lipinski definition) is 1. The molecule has 3 rings (SSSR count). The minimum atomic E-state index is -0.231. The molecule has 0 aliphatic rings. The van der Waals surface area contributed by atoms with Crippen LogP contribution in [0.4, 0.5) is 5.69 Å². The largest absolute Gasteiger partial charge is 0.497 e. The van der Waals surface area contributed by atoms with E-state index >= 15 is 0 Å². The SMILES string of the molecule is COc1ccc(OC)c(NC(=O)CCCn2nc(-c3ccco3)ccc2=O)c1.